The van der Waals surface area contributed by atoms with Crippen molar-refractivity contribution in [3.63, 3.8) is 0 Å². The van der Waals surface area contributed by atoms with Crippen molar-refractivity contribution in [2.75, 3.05) is 6.61 Å². The maximum atomic E-state index is 6.00. The van der Waals surface area contributed by atoms with Crippen LogP contribution in [0.2, 0.25) is 0 Å². The van der Waals surface area contributed by atoms with Crippen LogP contribution in [0.25, 0.3) is 0 Å². The minimum Gasteiger partial charge on any atom is -0.490 e. The van der Waals surface area contributed by atoms with E-state index >= 15 is 0 Å². The van der Waals surface area contributed by atoms with E-state index in [4.69, 9.17) is 19.6 Å². The van der Waals surface area contributed by atoms with E-state index in [-0.39, 0.29) is 12.1 Å². The second-order valence-corrected chi connectivity index (χ2v) is 4.71. The number of ether oxygens (including phenoxy) is 2. The highest BCUT2D eigenvalue weighted by molar-refractivity contribution is 5.40. The van der Waals surface area contributed by atoms with E-state index in [9.17, 15) is 0 Å². The van der Waals surface area contributed by atoms with E-state index in [1.807, 2.05) is 43.3 Å². The zero-order valence-corrected chi connectivity index (χ0v) is 11.9. The van der Waals surface area contributed by atoms with Gasteiger partial charge in [0.25, 0.3) is 0 Å². The molecule has 2 unspecified atom stereocenters. The predicted octanol–water partition coefficient (Wildman–Crippen LogP) is 3.54. The third kappa shape index (κ3) is 3.54. The summed E-state index contributed by atoms with van der Waals surface area (Å²) < 4.78 is 17.1. The molecular formula is C16H21NO3. The van der Waals surface area contributed by atoms with E-state index in [0.29, 0.717) is 18.1 Å². The molecule has 1 aromatic heterocycles. The third-order valence-electron chi connectivity index (χ3n) is 2.87. The van der Waals surface area contributed by atoms with Crippen LogP contribution in [-0.2, 0) is 0 Å². The van der Waals surface area contributed by atoms with Crippen LogP contribution in [0.15, 0.2) is 47.1 Å². The summed E-state index contributed by atoms with van der Waals surface area (Å²) in [4.78, 5) is 0. The number of para-hydroxylation sites is 2. The number of hydrogen-bond acceptors (Lipinski definition) is 4. The summed E-state index contributed by atoms with van der Waals surface area (Å²) >= 11 is 0. The average molecular weight is 275 g/mol. The molecule has 1 heterocycles. The van der Waals surface area contributed by atoms with Gasteiger partial charge in [0.05, 0.1) is 12.9 Å². The second kappa shape index (κ2) is 7.01. The molecule has 108 valence electrons. The molecule has 0 saturated carbocycles. The lowest BCUT2D eigenvalue weighted by atomic mass is 10.1. The highest BCUT2D eigenvalue weighted by Gasteiger charge is 2.22. The third-order valence-corrected chi connectivity index (χ3v) is 2.87. The quantitative estimate of drug-likeness (QED) is 0.839. The predicted molar refractivity (Wildman–Crippen MR) is 78.0 cm³/mol. The Bertz CT molecular complexity index is 508. The van der Waals surface area contributed by atoms with E-state index in [1.165, 1.54) is 0 Å². The molecule has 2 aromatic rings. The fraction of sp³-hybridized carbons (Fsp3) is 0.375. The first kappa shape index (κ1) is 14.5. The molecule has 0 amide bonds. The van der Waals surface area contributed by atoms with Crippen LogP contribution in [0.4, 0.5) is 0 Å². The van der Waals surface area contributed by atoms with Crippen LogP contribution in [0, 0.1) is 0 Å². The van der Waals surface area contributed by atoms with Crippen molar-refractivity contribution in [3.8, 4) is 11.5 Å². The summed E-state index contributed by atoms with van der Waals surface area (Å²) in [5.74, 6) is 2.12. The van der Waals surface area contributed by atoms with Crippen molar-refractivity contribution in [1.82, 2.24) is 0 Å². The fourth-order valence-electron chi connectivity index (χ4n) is 1.89. The summed E-state index contributed by atoms with van der Waals surface area (Å²) in [6, 6.07) is 11.1. The summed E-state index contributed by atoms with van der Waals surface area (Å²) in [6.45, 7) is 4.61. The molecule has 4 nitrogen and oxygen atoms in total. The van der Waals surface area contributed by atoms with Gasteiger partial charge in [0.2, 0.25) is 0 Å². The Labute approximate surface area is 119 Å². The summed E-state index contributed by atoms with van der Waals surface area (Å²) in [5, 5.41) is 0. The van der Waals surface area contributed by atoms with Gasteiger partial charge in [0.1, 0.15) is 5.76 Å². The van der Waals surface area contributed by atoms with Gasteiger partial charge < -0.3 is 19.6 Å². The van der Waals surface area contributed by atoms with Gasteiger partial charge in [-0.25, -0.2) is 0 Å². The van der Waals surface area contributed by atoms with E-state index in [2.05, 4.69) is 6.92 Å². The van der Waals surface area contributed by atoms with E-state index in [0.717, 1.165) is 12.2 Å². The molecule has 2 rings (SSSR count). The average Bonchev–Trinajstić information content (AvgIpc) is 2.97. The summed E-state index contributed by atoms with van der Waals surface area (Å²) in [6.07, 6.45) is 2.23. The number of benzene rings is 1. The van der Waals surface area contributed by atoms with Crippen molar-refractivity contribution in [3.05, 3.63) is 48.4 Å². The molecule has 0 spiro atoms. The van der Waals surface area contributed by atoms with E-state index in [1.54, 1.807) is 6.26 Å². The minimum absolute atomic E-state index is 0.194. The summed E-state index contributed by atoms with van der Waals surface area (Å²) in [7, 11) is 0. The van der Waals surface area contributed by atoms with Crippen molar-refractivity contribution >= 4 is 0 Å². The molecule has 0 saturated heterocycles. The zero-order chi connectivity index (χ0) is 14.4. The minimum atomic E-state index is -0.337. The lowest BCUT2D eigenvalue weighted by Gasteiger charge is -2.22. The van der Waals surface area contributed by atoms with Gasteiger partial charge >= 0.3 is 0 Å². The largest absolute Gasteiger partial charge is 0.490 e. The summed E-state index contributed by atoms with van der Waals surface area (Å²) in [5.41, 5.74) is 6.00. The lowest BCUT2D eigenvalue weighted by molar-refractivity contribution is 0.145. The van der Waals surface area contributed by atoms with Crippen molar-refractivity contribution < 1.29 is 13.9 Å². The fourth-order valence-corrected chi connectivity index (χ4v) is 1.89. The molecule has 2 N–H and O–H groups in total. The van der Waals surface area contributed by atoms with Crippen molar-refractivity contribution in [1.29, 1.82) is 0 Å². The number of hydrogen-bond donors (Lipinski definition) is 1. The van der Waals surface area contributed by atoms with Gasteiger partial charge in [-0.05, 0) is 37.6 Å². The van der Waals surface area contributed by atoms with Crippen molar-refractivity contribution in [2.24, 2.45) is 5.73 Å². The molecule has 0 aliphatic heterocycles. The Balaban J connectivity index is 2.18. The van der Waals surface area contributed by atoms with Crippen LogP contribution < -0.4 is 15.2 Å². The Morgan fingerprint density at radius 2 is 1.90 bits per heavy atom. The van der Waals surface area contributed by atoms with Gasteiger partial charge in [0, 0.05) is 6.04 Å². The molecule has 2 atom stereocenters. The first-order valence-corrected chi connectivity index (χ1v) is 6.89. The van der Waals surface area contributed by atoms with Gasteiger partial charge in [-0.1, -0.05) is 19.1 Å². The molecule has 0 bridgehead atoms. The molecule has 20 heavy (non-hydrogen) atoms. The monoisotopic (exact) mass is 275 g/mol. The normalized spacial score (nSPS) is 13.8. The molecule has 0 radical (unpaired) electrons. The topological polar surface area (TPSA) is 57.6 Å². The number of rotatable bonds is 7. The molecule has 0 aliphatic rings. The number of furan rings is 1. The Hall–Kier alpha value is -1.94. The second-order valence-electron chi connectivity index (χ2n) is 4.71. The molecule has 1 aromatic carbocycles. The highest BCUT2D eigenvalue weighted by atomic mass is 16.5. The molecule has 0 fully saturated rings. The van der Waals surface area contributed by atoms with Gasteiger partial charge in [-0.2, -0.15) is 0 Å². The number of nitrogens with two attached hydrogens (primary N) is 1. The maximum Gasteiger partial charge on any atom is 0.171 e. The molecule has 4 heteroatoms. The van der Waals surface area contributed by atoms with Gasteiger partial charge in [-0.15, -0.1) is 0 Å². The zero-order valence-electron chi connectivity index (χ0n) is 11.9. The van der Waals surface area contributed by atoms with E-state index < -0.39 is 0 Å². The first-order valence-electron chi connectivity index (χ1n) is 6.89. The Morgan fingerprint density at radius 3 is 2.50 bits per heavy atom. The highest BCUT2D eigenvalue weighted by Crippen LogP contribution is 2.32. The Kier molecular flexibility index (Phi) is 5.07. The standard InChI is InChI=1S/C16H21NO3/c1-3-10-18-13-7-4-5-8-14(13)20-16(12(2)17)15-9-6-11-19-15/h4-9,11-12,16H,3,10,17H2,1-2H3. The molecular weight excluding hydrogens is 254 g/mol. The van der Waals surface area contributed by atoms with Gasteiger partial charge in [0.15, 0.2) is 17.6 Å². The van der Waals surface area contributed by atoms with Crippen LogP contribution in [0.5, 0.6) is 11.5 Å². The van der Waals surface area contributed by atoms with Crippen LogP contribution in [-0.4, -0.2) is 12.6 Å². The van der Waals surface area contributed by atoms with Crippen LogP contribution in [0.3, 0.4) is 0 Å². The lowest BCUT2D eigenvalue weighted by Crippen LogP contribution is -2.28. The Morgan fingerprint density at radius 1 is 1.15 bits per heavy atom. The maximum absolute atomic E-state index is 6.00. The molecule has 0 aliphatic carbocycles. The van der Waals surface area contributed by atoms with Gasteiger partial charge in [-0.3, -0.25) is 0 Å². The SMILES string of the molecule is CCCOc1ccccc1OC(c1ccco1)C(C)N. The first-order chi connectivity index (χ1) is 9.72. The smallest absolute Gasteiger partial charge is 0.171 e. The van der Waals surface area contributed by atoms with Crippen LogP contribution in [0.1, 0.15) is 32.1 Å². The van der Waals surface area contributed by atoms with Crippen LogP contribution >= 0.6 is 0 Å². The van der Waals surface area contributed by atoms with Crippen molar-refractivity contribution in [2.45, 2.75) is 32.4 Å².